The van der Waals surface area contributed by atoms with Crippen LogP contribution in [0.5, 0.6) is 5.75 Å². The van der Waals surface area contributed by atoms with Gasteiger partial charge in [-0.3, -0.25) is 24.1 Å². The summed E-state index contributed by atoms with van der Waals surface area (Å²) in [7, 11) is 0. The summed E-state index contributed by atoms with van der Waals surface area (Å²) < 4.78 is 2.00. The minimum atomic E-state index is -1.53. The zero-order valence-electron chi connectivity index (χ0n) is 23.0. The molecule has 0 bridgehead atoms. The highest BCUT2D eigenvalue weighted by molar-refractivity contribution is 8.01. The summed E-state index contributed by atoms with van der Waals surface area (Å²) in [6, 6.07) is 1.63. The number of β-lactam (4-membered cyclic amide) rings is 1. The minimum absolute atomic E-state index is 0.00585. The first-order chi connectivity index (χ1) is 21.5. The number of aromatic nitrogens is 3. The van der Waals surface area contributed by atoms with Crippen molar-refractivity contribution in [3.63, 3.8) is 0 Å². The molecule has 3 unspecified atom stereocenters. The van der Waals surface area contributed by atoms with E-state index in [1.54, 1.807) is 17.0 Å². The standard InChI is InChI=1S/C26H25N7O9S3/c27-26-28-14(11-45-26)18(29-21(37)15-7-16(35)17(36)8-32(15)42)22(38)30-19-23(39)33-20(25(40)41)12(10-44-24(19)33)9-43-13-1-3-31(4-2-13)5-6-34/h1-4,7-8,11,18-19,24,34,42H,5-6,9-10H2,(H5-,27,28,29,30,36,37,38,40,41). The van der Waals surface area contributed by atoms with Gasteiger partial charge in [0.25, 0.3) is 11.8 Å². The van der Waals surface area contributed by atoms with Crippen LogP contribution in [-0.4, -0.2) is 83.3 Å². The number of aliphatic hydroxyl groups excluding tert-OH is 1. The molecule has 3 amide bonds. The Bertz CT molecular complexity index is 1760. The van der Waals surface area contributed by atoms with E-state index in [9.17, 15) is 39.4 Å². The molecule has 45 heavy (non-hydrogen) atoms. The number of thioether (sulfide) groups is 2. The van der Waals surface area contributed by atoms with Crippen molar-refractivity contribution in [2.45, 2.75) is 28.9 Å². The fourth-order valence-corrected chi connectivity index (χ4v) is 7.55. The lowest BCUT2D eigenvalue weighted by Crippen LogP contribution is -2.71. The summed E-state index contributed by atoms with van der Waals surface area (Å²) >= 11 is 3.59. The van der Waals surface area contributed by atoms with Gasteiger partial charge in [-0.25, -0.2) is 9.55 Å². The second-order valence-corrected chi connectivity index (χ2v) is 12.7. The minimum Gasteiger partial charge on any atom is -0.543 e. The lowest BCUT2D eigenvalue weighted by molar-refractivity contribution is -0.698. The molecule has 5 rings (SSSR count). The Labute approximate surface area is 266 Å². The maximum absolute atomic E-state index is 13.4. The van der Waals surface area contributed by atoms with Crippen LogP contribution in [0.3, 0.4) is 0 Å². The fraction of sp³-hybridized carbons (Fsp3) is 0.269. The van der Waals surface area contributed by atoms with Crippen molar-refractivity contribution >= 4 is 63.7 Å². The van der Waals surface area contributed by atoms with Gasteiger partial charge in [0, 0.05) is 40.0 Å². The van der Waals surface area contributed by atoms with Crippen molar-refractivity contribution in [3.8, 4) is 5.75 Å². The molecule has 0 radical (unpaired) electrons. The number of amides is 3. The number of thiazole rings is 1. The predicted molar refractivity (Wildman–Crippen MR) is 158 cm³/mol. The summed E-state index contributed by atoms with van der Waals surface area (Å²) in [6.45, 7) is 0.427. The second kappa shape index (κ2) is 13.2. The molecule has 236 valence electrons. The molecule has 3 aromatic heterocycles. The maximum Gasteiger partial charge on any atom is 0.272 e. The van der Waals surface area contributed by atoms with Crippen LogP contribution in [0.15, 0.2) is 63.1 Å². The molecule has 0 spiro atoms. The molecule has 19 heteroatoms. The van der Waals surface area contributed by atoms with Crippen molar-refractivity contribution in [3.05, 3.63) is 75.1 Å². The number of pyridine rings is 2. The number of nitrogen functional groups attached to an aromatic ring is 1. The Morgan fingerprint density at radius 2 is 2.00 bits per heavy atom. The number of hydrogen-bond donors (Lipinski definition) is 6. The molecular weight excluding hydrogens is 651 g/mol. The molecule has 2 aliphatic rings. The van der Waals surface area contributed by atoms with E-state index in [1.807, 2.05) is 12.1 Å². The number of nitrogens with zero attached hydrogens (tertiary/aromatic N) is 4. The number of hydrogen-bond acceptors (Lipinski definition) is 14. The summed E-state index contributed by atoms with van der Waals surface area (Å²) in [5.74, 6) is -4.51. The van der Waals surface area contributed by atoms with E-state index >= 15 is 0 Å². The van der Waals surface area contributed by atoms with Crippen LogP contribution in [0.1, 0.15) is 22.2 Å². The average Bonchev–Trinajstić information content (AvgIpc) is 3.44. The van der Waals surface area contributed by atoms with Crippen LogP contribution in [0.2, 0.25) is 0 Å². The molecule has 3 aromatic rings. The van der Waals surface area contributed by atoms with E-state index in [4.69, 9.17) is 10.8 Å². The number of aliphatic hydroxyl groups is 1. The molecule has 2 aliphatic heterocycles. The van der Waals surface area contributed by atoms with Crippen LogP contribution in [0, 0.1) is 0 Å². The molecule has 3 atom stereocenters. The SMILES string of the molecule is Nc1nc(C(NC(=O)c2cc(=O)c(O)cn2O)C(=O)NC2C(=O)N3C(C(=O)[O-])=C(CSc4cc[n+](CCO)cc4)CSC23)cs1. The first-order valence-electron chi connectivity index (χ1n) is 13.1. The zero-order chi connectivity index (χ0) is 32.4. The van der Waals surface area contributed by atoms with E-state index in [-0.39, 0.29) is 39.4 Å². The van der Waals surface area contributed by atoms with Crippen molar-refractivity contribution in [1.82, 2.24) is 25.2 Å². The van der Waals surface area contributed by atoms with Crippen LogP contribution in [-0.2, 0) is 20.9 Å². The number of carboxylic acids is 1. The first-order valence-corrected chi connectivity index (χ1v) is 16.0. The lowest BCUT2D eigenvalue weighted by atomic mass is 10.0. The summed E-state index contributed by atoms with van der Waals surface area (Å²) in [5, 5.41) is 46.3. The summed E-state index contributed by atoms with van der Waals surface area (Å²) in [6.07, 6.45) is 4.18. The van der Waals surface area contributed by atoms with Crippen LogP contribution >= 0.6 is 34.9 Å². The largest absolute Gasteiger partial charge is 0.543 e. The van der Waals surface area contributed by atoms with E-state index in [0.717, 1.165) is 21.1 Å². The number of carboxylic acid groups (broad SMARTS) is 1. The number of nitrogens with one attached hydrogen (secondary N) is 2. The molecule has 7 N–H and O–H groups in total. The van der Waals surface area contributed by atoms with Gasteiger partial charge in [-0.05, 0) is 5.57 Å². The normalized spacial score (nSPS) is 18.2. The maximum atomic E-state index is 13.4. The Hall–Kier alpha value is -4.59. The van der Waals surface area contributed by atoms with Gasteiger partial charge >= 0.3 is 0 Å². The average molecular weight is 676 g/mol. The van der Waals surface area contributed by atoms with Gasteiger partial charge in [0.05, 0.1) is 23.6 Å². The zero-order valence-corrected chi connectivity index (χ0v) is 25.4. The van der Waals surface area contributed by atoms with Gasteiger partial charge in [0.1, 0.15) is 23.7 Å². The molecule has 1 saturated heterocycles. The van der Waals surface area contributed by atoms with Gasteiger partial charge in [-0.15, -0.1) is 34.9 Å². The molecule has 0 aliphatic carbocycles. The number of aromatic hydroxyl groups is 1. The van der Waals surface area contributed by atoms with E-state index in [1.165, 1.54) is 28.9 Å². The van der Waals surface area contributed by atoms with Gasteiger partial charge in [0.2, 0.25) is 11.3 Å². The Morgan fingerprint density at radius 3 is 2.64 bits per heavy atom. The Morgan fingerprint density at radius 1 is 1.27 bits per heavy atom. The third-order valence-corrected chi connectivity index (χ3v) is 9.92. The predicted octanol–water partition coefficient (Wildman–Crippen LogP) is -2.22. The number of aliphatic carboxylic acids is 1. The highest BCUT2D eigenvalue weighted by Crippen LogP contribution is 2.41. The smallest absolute Gasteiger partial charge is 0.272 e. The van der Waals surface area contributed by atoms with Gasteiger partial charge in [0.15, 0.2) is 35.9 Å². The lowest BCUT2D eigenvalue weighted by Gasteiger charge is -2.51. The first kappa shape index (κ1) is 31.8. The molecule has 16 nitrogen and oxygen atoms in total. The van der Waals surface area contributed by atoms with Crippen molar-refractivity contribution in [2.24, 2.45) is 0 Å². The number of carbonyl (C=O) groups excluding carboxylic acids is 4. The van der Waals surface area contributed by atoms with Gasteiger partial charge < -0.3 is 41.7 Å². The van der Waals surface area contributed by atoms with Crippen molar-refractivity contribution in [2.75, 3.05) is 23.8 Å². The molecule has 0 saturated carbocycles. The number of fused-ring (bicyclic) bond motifs is 1. The molecule has 1 fully saturated rings. The fourth-order valence-electron chi connectivity index (χ4n) is 4.59. The highest BCUT2D eigenvalue weighted by Gasteiger charge is 2.53. The molecule has 5 heterocycles. The Balaban J connectivity index is 1.31. The quantitative estimate of drug-likeness (QED) is 0.0547. The summed E-state index contributed by atoms with van der Waals surface area (Å²) in [5.41, 5.74) is 4.37. The third-order valence-electron chi connectivity index (χ3n) is 6.79. The van der Waals surface area contributed by atoms with Crippen LogP contribution in [0.4, 0.5) is 5.13 Å². The van der Waals surface area contributed by atoms with Gasteiger partial charge in [-0.1, -0.05) is 0 Å². The number of carbonyl (C=O) groups is 4. The van der Waals surface area contributed by atoms with E-state index < -0.39 is 58.0 Å². The second-order valence-electron chi connectivity index (χ2n) is 9.69. The van der Waals surface area contributed by atoms with E-state index in [0.29, 0.717) is 24.4 Å². The van der Waals surface area contributed by atoms with Crippen molar-refractivity contribution < 1.29 is 44.3 Å². The monoisotopic (exact) mass is 675 g/mol. The Kier molecular flexibility index (Phi) is 9.32. The number of anilines is 1. The van der Waals surface area contributed by atoms with E-state index in [2.05, 4.69) is 15.6 Å². The molecular formula is C26H25N7O9S3. The van der Waals surface area contributed by atoms with Gasteiger partial charge in [-0.2, -0.15) is 4.73 Å². The third kappa shape index (κ3) is 6.60. The van der Waals surface area contributed by atoms with Crippen molar-refractivity contribution in [1.29, 1.82) is 0 Å². The summed E-state index contributed by atoms with van der Waals surface area (Å²) in [4.78, 5) is 69.5. The number of nitrogens with two attached hydrogens (primary N) is 1. The van der Waals surface area contributed by atoms with Crippen LogP contribution < -0.4 is 31.5 Å². The molecule has 0 aromatic carbocycles. The number of rotatable bonds is 11. The topological polar surface area (TPSA) is 244 Å². The highest BCUT2D eigenvalue weighted by atomic mass is 32.2. The van der Waals surface area contributed by atoms with Crippen LogP contribution in [0.25, 0.3) is 0 Å².